The first-order valence-corrected chi connectivity index (χ1v) is 10.7. The van der Waals surface area contributed by atoms with Crippen molar-refractivity contribution >= 4 is 17.6 Å². The first-order chi connectivity index (χ1) is 14.8. The third-order valence-electron chi connectivity index (χ3n) is 5.40. The lowest BCUT2D eigenvalue weighted by Gasteiger charge is -2.26. The molecule has 1 amide bonds. The van der Waals surface area contributed by atoms with Gasteiger partial charge in [-0.1, -0.05) is 45.0 Å². The number of ether oxygens (including phenoxy) is 2. The number of benzene rings is 2. The van der Waals surface area contributed by atoms with Crippen LogP contribution < -0.4 is 4.90 Å². The largest absolute Gasteiger partial charge is 0.460 e. The fourth-order valence-corrected chi connectivity index (χ4v) is 3.70. The Hall–Kier alpha value is -2.70. The van der Waals surface area contributed by atoms with Gasteiger partial charge in [-0.3, -0.25) is 4.79 Å². The van der Waals surface area contributed by atoms with E-state index in [4.69, 9.17) is 14.6 Å². The monoisotopic (exact) mass is 425 g/mol. The third-order valence-corrected chi connectivity index (χ3v) is 5.40. The van der Waals surface area contributed by atoms with Crippen LogP contribution in [0, 0.1) is 0 Å². The number of aliphatic hydroxyl groups is 1. The summed E-state index contributed by atoms with van der Waals surface area (Å²) in [7, 11) is 0. The van der Waals surface area contributed by atoms with Crippen molar-refractivity contribution in [1.82, 2.24) is 0 Å². The van der Waals surface area contributed by atoms with E-state index in [1.807, 2.05) is 23.1 Å². The van der Waals surface area contributed by atoms with E-state index in [0.29, 0.717) is 25.2 Å². The van der Waals surface area contributed by atoms with Gasteiger partial charge in [0.05, 0.1) is 31.4 Å². The maximum Gasteiger partial charge on any atom is 0.338 e. The summed E-state index contributed by atoms with van der Waals surface area (Å²) in [4.78, 5) is 26.3. The summed E-state index contributed by atoms with van der Waals surface area (Å²) in [6, 6.07) is 15.2. The smallest absolute Gasteiger partial charge is 0.338 e. The van der Waals surface area contributed by atoms with Crippen molar-refractivity contribution in [1.29, 1.82) is 0 Å². The zero-order valence-electron chi connectivity index (χ0n) is 18.5. The molecule has 0 radical (unpaired) electrons. The number of esters is 1. The molecule has 0 bridgehead atoms. The van der Waals surface area contributed by atoms with E-state index in [2.05, 4.69) is 32.9 Å². The highest BCUT2D eigenvalue weighted by molar-refractivity contribution is 5.96. The predicted molar refractivity (Wildman–Crippen MR) is 119 cm³/mol. The molecule has 1 N–H and O–H groups in total. The Labute approximate surface area is 183 Å². The van der Waals surface area contributed by atoms with Gasteiger partial charge in [0.2, 0.25) is 5.91 Å². The lowest BCUT2D eigenvalue weighted by atomic mass is 9.87. The Balaban J connectivity index is 1.60. The van der Waals surface area contributed by atoms with E-state index < -0.39 is 5.97 Å². The van der Waals surface area contributed by atoms with Crippen molar-refractivity contribution in [3.8, 4) is 0 Å². The van der Waals surface area contributed by atoms with Crippen molar-refractivity contribution in [2.45, 2.75) is 51.7 Å². The third kappa shape index (κ3) is 5.93. The van der Waals surface area contributed by atoms with Crippen molar-refractivity contribution in [3.05, 3.63) is 65.2 Å². The minimum Gasteiger partial charge on any atom is -0.460 e. The molecule has 1 heterocycles. The molecule has 6 heteroatoms. The fourth-order valence-electron chi connectivity index (χ4n) is 3.70. The van der Waals surface area contributed by atoms with Gasteiger partial charge in [0, 0.05) is 12.1 Å². The van der Waals surface area contributed by atoms with E-state index in [0.717, 1.165) is 17.7 Å². The molecule has 2 aromatic carbocycles. The number of hydrogen-bond acceptors (Lipinski definition) is 5. The highest BCUT2D eigenvalue weighted by Gasteiger charge is 2.32. The highest BCUT2D eigenvalue weighted by Crippen LogP contribution is 2.30. The zero-order valence-corrected chi connectivity index (χ0v) is 18.5. The SMILES string of the molecule is CC(C)(C)c1ccc(N2C(=O)CC[C@H]2COCc2cccc(C(=O)OCCO)c2)cc1. The summed E-state index contributed by atoms with van der Waals surface area (Å²) < 4.78 is 10.9. The molecule has 1 atom stereocenters. The summed E-state index contributed by atoms with van der Waals surface area (Å²) in [5.41, 5.74) is 3.47. The van der Waals surface area contributed by atoms with Crippen molar-refractivity contribution in [2.75, 3.05) is 24.7 Å². The molecule has 1 aliphatic rings. The van der Waals surface area contributed by atoms with Crippen molar-refractivity contribution in [3.63, 3.8) is 0 Å². The van der Waals surface area contributed by atoms with Crippen LogP contribution in [-0.2, 0) is 26.3 Å². The minimum atomic E-state index is -0.470. The second-order valence-electron chi connectivity index (χ2n) is 8.83. The van der Waals surface area contributed by atoms with E-state index >= 15 is 0 Å². The second-order valence-corrected chi connectivity index (χ2v) is 8.83. The normalized spacial score (nSPS) is 16.6. The summed E-state index contributed by atoms with van der Waals surface area (Å²) >= 11 is 0. The molecule has 0 saturated carbocycles. The van der Waals surface area contributed by atoms with Gasteiger partial charge in [0.15, 0.2) is 0 Å². The summed E-state index contributed by atoms with van der Waals surface area (Å²) in [6.07, 6.45) is 1.27. The first-order valence-electron chi connectivity index (χ1n) is 10.7. The lowest BCUT2D eigenvalue weighted by Crippen LogP contribution is -2.36. The van der Waals surface area contributed by atoms with Crippen molar-refractivity contribution < 1.29 is 24.2 Å². The Morgan fingerprint density at radius 1 is 1.16 bits per heavy atom. The van der Waals surface area contributed by atoms with Crippen LogP contribution in [0.5, 0.6) is 0 Å². The van der Waals surface area contributed by atoms with Gasteiger partial charge in [-0.2, -0.15) is 0 Å². The average Bonchev–Trinajstić information content (AvgIpc) is 3.12. The quantitative estimate of drug-likeness (QED) is 0.650. The molecular weight excluding hydrogens is 394 g/mol. The maximum atomic E-state index is 12.5. The Kier molecular flexibility index (Phi) is 7.46. The van der Waals surface area contributed by atoms with Crippen LogP contribution in [0.2, 0.25) is 0 Å². The molecule has 0 unspecified atom stereocenters. The lowest BCUT2D eigenvalue weighted by molar-refractivity contribution is -0.117. The van der Waals surface area contributed by atoms with E-state index in [1.165, 1.54) is 5.56 Å². The number of rotatable bonds is 8. The van der Waals surface area contributed by atoms with Crippen LogP contribution in [-0.4, -0.2) is 42.8 Å². The van der Waals surface area contributed by atoms with Crippen LogP contribution >= 0.6 is 0 Å². The molecule has 1 saturated heterocycles. The number of anilines is 1. The predicted octanol–water partition coefficient (Wildman–Crippen LogP) is 3.85. The van der Waals surface area contributed by atoms with Gasteiger partial charge in [0.1, 0.15) is 6.61 Å². The number of carbonyl (C=O) groups excluding carboxylic acids is 2. The van der Waals surface area contributed by atoms with Crippen LogP contribution in [0.1, 0.15) is 55.1 Å². The van der Waals surface area contributed by atoms with Gasteiger partial charge < -0.3 is 19.5 Å². The standard InChI is InChI=1S/C25H31NO5/c1-25(2,3)20-7-9-21(10-8-20)26-22(11-12-23(26)28)17-30-16-18-5-4-6-19(15-18)24(29)31-14-13-27/h4-10,15,22,27H,11-14,16-17H2,1-3H3/t22-/m0/s1. The first kappa shape index (κ1) is 23.0. The van der Waals surface area contributed by atoms with E-state index in [9.17, 15) is 9.59 Å². The van der Waals surface area contributed by atoms with E-state index in [-0.39, 0.29) is 30.6 Å². The number of hydrogen-bond donors (Lipinski definition) is 1. The second kappa shape index (κ2) is 10.1. The van der Waals surface area contributed by atoms with Gasteiger partial charge in [-0.25, -0.2) is 4.79 Å². The molecule has 166 valence electrons. The molecule has 2 aromatic rings. The average molecular weight is 426 g/mol. The molecule has 6 nitrogen and oxygen atoms in total. The van der Waals surface area contributed by atoms with Crippen LogP contribution in [0.15, 0.2) is 48.5 Å². The highest BCUT2D eigenvalue weighted by atomic mass is 16.5. The number of aliphatic hydroxyl groups excluding tert-OH is 1. The molecule has 31 heavy (non-hydrogen) atoms. The Bertz CT molecular complexity index is 901. The maximum absolute atomic E-state index is 12.5. The van der Waals surface area contributed by atoms with E-state index in [1.54, 1.807) is 18.2 Å². The summed E-state index contributed by atoms with van der Waals surface area (Å²) in [5, 5.41) is 8.78. The summed E-state index contributed by atoms with van der Waals surface area (Å²) in [5.74, 6) is -0.354. The Morgan fingerprint density at radius 3 is 2.58 bits per heavy atom. The molecule has 0 aromatic heterocycles. The van der Waals surface area contributed by atoms with Crippen molar-refractivity contribution in [2.24, 2.45) is 0 Å². The molecule has 1 fully saturated rings. The number of carbonyl (C=O) groups is 2. The fraction of sp³-hybridized carbons (Fsp3) is 0.440. The molecule has 0 spiro atoms. The molecule has 1 aliphatic heterocycles. The molecular formula is C25H31NO5. The van der Waals surface area contributed by atoms with Gasteiger partial charge in [-0.15, -0.1) is 0 Å². The van der Waals surface area contributed by atoms with Gasteiger partial charge in [0.25, 0.3) is 0 Å². The van der Waals surface area contributed by atoms with Gasteiger partial charge >= 0.3 is 5.97 Å². The van der Waals surface area contributed by atoms with Gasteiger partial charge in [-0.05, 0) is 47.2 Å². The van der Waals surface area contributed by atoms with Crippen LogP contribution in [0.4, 0.5) is 5.69 Å². The number of nitrogens with zero attached hydrogens (tertiary/aromatic N) is 1. The zero-order chi connectivity index (χ0) is 22.4. The van der Waals surface area contributed by atoms with Crippen LogP contribution in [0.3, 0.4) is 0 Å². The minimum absolute atomic E-state index is 0.00862. The number of amides is 1. The molecule has 3 rings (SSSR count). The van der Waals surface area contributed by atoms with Crippen LogP contribution in [0.25, 0.3) is 0 Å². The summed E-state index contributed by atoms with van der Waals surface area (Å²) in [6.45, 7) is 7.03. The molecule has 0 aliphatic carbocycles. The Morgan fingerprint density at radius 2 is 1.90 bits per heavy atom. The topological polar surface area (TPSA) is 76.1 Å².